The molecule has 1 aliphatic rings. The monoisotopic (exact) mass is 435 g/mol. The first kappa shape index (κ1) is 20.6. The van der Waals surface area contributed by atoms with Crippen LogP contribution >= 0.6 is 23.1 Å². The fraction of sp³-hybridized carbons (Fsp3) is 0.200. The van der Waals surface area contributed by atoms with Crippen LogP contribution in [-0.2, 0) is 13.6 Å². The number of nitrogens with zero attached hydrogens (tertiary/aromatic N) is 3. The van der Waals surface area contributed by atoms with Crippen LogP contribution < -0.4 is 36.6 Å². The maximum absolute atomic E-state index is 13.6. The van der Waals surface area contributed by atoms with E-state index in [1.807, 2.05) is 61.0 Å². The molecule has 0 N–H and O–H groups in total. The van der Waals surface area contributed by atoms with Gasteiger partial charge in [0, 0.05) is 36.7 Å². The van der Waals surface area contributed by atoms with Crippen LogP contribution in [0.5, 0.6) is 0 Å². The lowest BCUT2D eigenvalue weighted by Crippen LogP contribution is -3.00. The van der Waals surface area contributed by atoms with Gasteiger partial charge in [0.2, 0.25) is 5.69 Å². The second-order valence-corrected chi connectivity index (χ2v) is 8.34. The molecule has 8 heteroatoms. The first-order valence-corrected chi connectivity index (χ1v) is 10.2. The SMILES string of the molecule is CCn1c(=O)/c(=C2\Sc3cc(F)ccc3N2C)s/c1=C\c1cccc[n+]1C.[Cl-]. The summed E-state index contributed by atoms with van der Waals surface area (Å²) < 4.78 is 19.0. The van der Waals surface area contributed by atoms with Crippen molar-refractivity contribution in [1.29, 1.82) is 0 Å². The zero-order chi connectivity index (χ0) is 19.1. The van der Waals surface area contributed by atoms with Gasteiger partial charge in [0.05, 0.1) is 5.69 Å². The van der Waals surface area contributed by atoms with Gasteiger partial charge < -0.3 is 17.3 Å². The lowest BCUT2D eigenvalue weighted by molar-refractivity contribution is -0.673. The van der Waals surface area contributed by atoms with E-state index in [0.717, 1.165) is 26.0 Å². The maximum Gasteiger partial charge on any atom is 0.271 e. The van der Waals surface area contributed by atoms with Crippen molar-refractivity contribution in [2.45, 2.75) is 18.4 Å². The molecule has 0 unspecified atom stereocenters. The summed E-state index contributed by atoms with van der Waals surface area (Å²) in [5.74, 6) is -0.265. The minimum atomic E-state index is -0.265. The molecule has 2 aromatic heterocycles. The molecule has 3 aromatic rings. The van der Waals surface area contributed by atoms with Gasteiger partial charge in [-0.3, -0.25) is 9.36 Å². The maximum atomic E-state index is 13.6. The normalized spacial score (nSPS) is 15.6. The second kappa shape index (κ2) is 8.11. The van der Waals surface area contributed by atoms with Crippen molar-refractivity contribution in [1.82, 2.24) is 4.57 Å². The van der Waals surface area contributed by atoms with Crippen molar-refractivity contribution in [3.8, 4) is 0 Å². The van der Waals surface area contributed by atoms with E-state index in [1.54, 1.807) is 10.6 Å². The average Bonchev–Trinajstić information content (AvgIpc) is 3.13. The number of aromatic nitrogens is 2. The third kappa shape index (κ3) is 3.50. The van der Waals surface area contributed by atoms with Crippen molar-refractivity contribution < 1.29 is 21.4 Å². The van der Waals surface area contributed by atoms with Crippen LogP contribution in [-0.4, -0.2) is 11.6 Å². The number of hydrogen-bond donors (Lipinski definition) is 0. The van der Waals surface area contributed by atoms with Crippen LogP contribution in [0, 0.1) is 5.82 Å². The molecule has 3 heterocycles. The van der Waals surface area contributed by atoms with Gasteiger partial charge in [-0.2, -0.15) is 0 Å². The van der Waals surface area contributed by atoms with Gasteiger partial charge in [-0.15, -0.1) is 11.3 Å². The molecule has 28 heavy (non-hydrogen) atoms. The zero-order valence-electron chi connectivity index (χ0n) is 15.6. The van der Waals surface area contributed by atoms with Gasteiger partial charge in [-0.25, -0.2) is 8.96 Å². The molecule has 0 radical (unpaired) electrons. The summed E-state index contributed by atoms with van der Waals surface area (Å²) in [6, 6.07) is 10.7. The van der Waals surface area contributed by atoms with Crippen LogP contribution in [0.3, 0.4) is 0 Å². The topological polar surface area (TPSA) is 29.1 Å². The number of pyridine rings is 1. The molecule has 0 saturated carbocycles. The Morgan fingerprint density at radius 1 is 1.25 bits per heavy atom. The minimum absolute atomic E-state index is 0. The predicted molar refractivity (Wildman–Crippen MR) is 109 cm³/mol. The highest BCUT2D eigenvalue weighted by Gasteiger charge is 2.25. The van der Waals surface area contributed by atoms with Gasteiger partial charge >= 0.3 is 0 Å². The molecule has 4 rings (SSSR count). The Hall–Kier alpha value is -2.09. The predicted octanol–water partition coefficient (Wildman–Crippen LogP) is -0.966. The van der Waals surface area contributed by atoms with Gasteiger partial charge in [0.15, 0.2) is 6.20 Å². The smallest absolute Gasteiger partial charge is 0.271 e. The quantitative estimate of drug-likeness (QED) is 0.485. The van der Waals surface area contributed by atoms with E-state index >= 15 is 0 Å². The number of rotatable bonds is 2. The third-order valence-corrected chi connectivity index (χ3v) is 7.05. The molecular weight excluding hydrogens is 417 g/mol. The van der Waals surface area contributed by atoms with Crippen molar-refractivity contribution in [3.05, 3.63) is 73.7 Å². The summed E-state index contributed by atoms with van der Waals surface area (Å²) in [6.07, 6.45) is 4.02. The molecular formula is C20H19ClFN3OS2. The molecule has 0 saturated heterocycles. The first-order valence-electron chi connectivity index (χ1n) is 8.61. The molecule has 0 fully saturated rings. The first-order chi connectivity index (χ1) is 13.0. The molecule has 0 aliphatic carbocycles. The summed E-state index contributed by atoms with van der Waals surface area (Å²) in [4.78, 5) is 15.9. The van der Waals surface area contributed by atoms with Crippen molar-refractivity contribution in [2.24, 2.45) is 7.05 Å². The Kier molecular flexibility index (Phi) is 5.98. The van der Waals surface area contributed by atoms with E-state index in [2.05, 4.69) is 0 Å². The van der Waals surface area contributed by atoms with Crippen LogP contribution in [0.1, 0.15) is 12.6 Å². The molecule has 1 aliphatic heterocycles. The Bertz CT molecular complexity index is 1220. The number of thiazole rings is 1. The molecule has 0 atom stereocenters. The van der Waals surface area contributed by atoms with E-state index in [0.29, 0.717) is 11.1 Å². The standard InChI is InChI=1S/C20H19FN3OS2.ClH/c1-4-24-17(12-14-7-5-6-10-22(14)2)27-18(19(24)25)20-23(3)15-9-8-13(21)11-16(15)26-20;/h5-12H,4H2,1-3H3;1H/q+1;/p-1/b20-18+;. The Balaban J connectivity index is 0.00000225. The largest absolute Gasteiger partial charge is 1.00 e. The van der Waals surface area contributed by atoms with E-state index in [4.69, 9.17) is 0 Å². The number of anilines is 1. The number of hydrogen-bond acceptors (Lipinski definition) is 4. The Morgan fingerprint density at radius 3 is 2.75 bits per heavy atom. The highest BCUT2D eigenvalue weighted by molar-refractivity contribution is 8.08. The number of fused-ring (bicyclic) bond motifs is 1. The molecule has 0 spiro atoms. The average molecular weight is 436 g/mol. The lowest BCUT2D eigenvalue weighted by Gasteiger charge is -2.12. The fourth-order valence-corrected chi connectivity index (χ4v) is 5.60. The summed E-state index contributed by atoms with van der Waals surface area (Å²) in [6.45, 7) is 2.57. The van der Waals surface area contributed by atoms with Crippen molar-refractivity contribution >= 4 is 39.9 Å². The molecule has 0 amide bonds. The summed E-state index contributed by atoms with van der Waals surface area (Å²) in [7, 11) is 3.90. The van der Waals surface area contributed by atoms with Crippen LogP contribution in [0.2, 0.25) is 0 Å². The third-order valence-electron chi connectivity index (χ3n) is 4.58. The summed E-state index contributed by atoms with van der Waals surface area (Å²) in [5.41, 5.74) is 1.94. The second-order valence-electron chi connectivity index (χ2n) is 6.28. The van der Waals surface area contributed by atoms with Gasteiger partial charge in [-0.05, 0) is 31.2 Å². The van der Waals surface area contributed by atoms with Gasteiger partial charge in [0.1, 0.15) is 27.1 Å². The summed E-state index contributed by atoms with van der Waals surface area (Å²) >= 11 is 2.93. The van der Waals surface area contributed by atoms with Crippen molar-refractivity contribution in [2.75, 3.05) is 11.9 Å². The molecule has 0 bridgehead atoms. The van der Waals surface area contributed by atoms with E-state index < -0.39 is 0 Å². The zero-order valence-corrected chi connectivity index (χ0v) is 18.0. The highest BCUT2D eigenvalue weighted by Crippen LogP contribution is 2.45. The number of benzene rings is 1. The van der Waals surface area contributed by atoms with Gasteiger partial charge in [-0.1, -0.05) is 11.8 Å². The van der Waals surface area contributed by atoms with E-state index in [-0.39, 0.29) is 23.8 Å². The van der Waals surface area contributed by atoms with Crippen LogP contribution in [0.4, 0.5) is 10.1 Å². The van der Waals surface area contributed by atoms with E-state index in [1.165, 1.54) is 35.2 Å². The fourth-order valence-electron chi connectivity index (χ4n) is 3.11. The molecule has 1 aromatic carbocycles. The molecule has 146 valence electrons. The number of halogens is 2. The molecule has 4 nitrogen and oxygen atoms in total. The van der Waals surface area contributed by atoms with E-state index in [9.17, 15) is 9.18 Å². The minimum Gasteiger partial charge on any atom is -1.00 e. The number of thioether (sulfide) groups is 1. The summed E-state index contributed by atoms with van der Waals surface area (Å²) in [5, 5.41) is 0.852. The van der Waals surface area contributed by atoms with Crippen LogP contribution in [0.15, 0.2) is 52.3 Å². The highest BCUT2D eigenvalue weighted by atomic mass is 35.5. The Labute approximate surface area is 176 Å². The van der Waals surface area contributed by atoms with Crippen LogP contribution in [0.25, 0.3) is 11.1 Å². The van der Waals surface area contributed by atoms with Crippen molar-refractivity contribution in [3.63, 3.8) is 0 Å². The number of aryl methyl sites for hydroxylation is 1. The van der Waals surface area contributed by atoms with Gasteiger partial charge in [0.25, 0.3) is 5.56 Å². The lowest BCUT2D eigenvalue weighted by atomic mass is 10.3. The Morgan fingerprint density at radius 2 is 2.04 bits per heavy atom.